The van der Waals surface area contributed by atoms with Crippen molar-refractivity contribution in [1.82, 2.24) is 15.6 Å². The molecular weight excluding hydrogens is 496 g/mol. The zero-order valence-electron chi connectivity index (χ0n) is 19.2. The molecule has 3 amide bonds. The molecule has 0 saturated heterocycles. The first kappa shape index (κ1) is 24.3. The second-order valence-electron chi connectivity index (χ2n) is 8.56. The summed E-state index contributed by atoms with van der Waals surface area (Å²) in [5, 5.41) is 7.41. The van der Waals surface area contributed by atoms with Crippen LogP contribution in [-0.4, -0.2) is 36.6 Å². The number of ether oxygens (including phenoxy) is 2. The smallest absolute Gasteiger partial charge is 0.419 e. The minimum atomic E-state index is -4.87. The Hall–Kier alpha value is -4.35. The first-order valence-corrected chi connectivity index (χ1v) is 11.2. The summed E-state index contributed by atoms with van der Waals surface area (Å²) in [6.07, 6.45) is -3.55. The van der Waals surface area contributed by atoms with Gasteiger partial charge in [-0.2, -0.15) is 13.2 Å². The molecule has 1 aliphatic carbocycles. The van der Waals surface area contributed by atoms with Crippen molar-refractivity contribution >= 4 is 17.6 Å². The van der Waals surface area contributed by atoms with Crippen LogP contribution in [0.5, 0.6) is 17.2 Å². The van der Waals surface area contributed by atoms with Crippen LogP contribution in [-0.2, 0) is 6.18 Å². The summed E-state index contributed by atoms with van der Waals surface area (Å²) in [5.74, 6) is -0.106. The molecule has 2 aromatic carbocycles. The third-order valence-electron chi connectivity index (χ3n) is 6.15. The Morgan fingerprint density at radius 3 is 2.62 bits per heavy atom. The predicted molar refractivity (Wildman–Crippen MR) is 123 cm³/mol. The van der Waals surface area contributed by atoms with Crippen molar-refractivity contribution < 1.29 is 36.6 Å². The van der Waals surface area contributed by atoms with Crippen molar-refractivity contribution in [2.24, 2.45) is 5.92 Å². The minimum Gasteiger partial charge on any atom is -0.489 e. The summed E-state index contributed by atoms with van der Waals surface area (Å²) < 4.78 is 63.9. The fourth-order valence-electron chi connectivity index (χ4n) is 4.33. The average molecular weight is 516 g/mol. The molecular formula is C25H20F4N4O4. The van der Waals surface area contributed by atoms with Gasteiger partial charge in [-0.3, -0.25) is 9.78 Å². The molecule has 5 rings (SSSR count). The summed E-state index contributed by atoms with van der Waals surface area (Å²) in [6, 6.07) is 10.0. The van der Waals surface area contributed by atoms with E-state index >= 15 is 0 Å². The van der Waals surface area contributed by atoms with E-state index < -0.39 is 23.6 Å². The standard InChI is InChI=1S/C25H20F4N4O4/c1-30-23(34)19-10-14(6-7-31-19)36-13-3-5-20-15(9-13)21-16(22(21)37-20)11-32-24(35)33-12-2-4-18(26)17(8-12)25(27,28)29/h2-10,16,21-22H,11H2,1H3,(H,30,34)(H2,32,33,35). The molecule has 8 nitrogen and oxygen atoms in total. The van der Waals surface area contributed by atoms with Gasteiger partial charge in [0.05, 0.1) is 5.56 Å². The van der Waals surface area contributed by atoms with Crippen LogP contribution in [0.2, 0.25) is 0 Å². The predicted octanol–water partition coefficient (Wildman–Crippen LogP) is 4.69. The number of urea groups is 1. The number of anilines is 1. The van der Waals surface area contributed by atoms with Crippen molar-refractivity contribution in [3.63, 3.8) is 0 Å². The van der Waals surface area contributed by atoms with Crippen molar-refractivity contribution in [2.75, 3.05) is 18.9 Å². The van der Waals surface area contributed by atoms with E-state index in [1.165, 1.54) is 19.3 Å². The lowest BCUT2D eigenvalue weighted by Crippen LogP contribution is -2.31. The maximum absolute atomic E-state index is 13.4. The number of carbonyl (C=O) groups excluding carboxylic acids is 2. The number of aromatic nitrogens is 1. The summed E-state index contributed by atoms with van der Waals surface area (Å²) in [6.45, 7) is 0.221. The number of nitrogens with one attached hydrogen (secondary N) is 3. The van der Waals surface area contributed by atoms with Crippen LogP contribution in [0.1, 0.15) is 27.5 Å². The Balaban J connectivity index is 1.19. The summed E-state index contributed by atoms with van der Waals surface area (Å²) >= 11 is 0. The fraction of sp³-hybridized carbons (Fsp3) is 0.240. The van der Waals surface area contributed by atoms with E-state index in [1.54, 1.807) is 18.2 Å². The highest BCUT2D eigenvalue weighted by atomic mass is 19.4. The Morgan fingerprint density at radius 1 is 1.08 bits per heavy atom. The Morgan fingerprint density at radius 2 is 1.86 bits per heavy atom. The van der Waals surface area contributed by atoms with Gasteiger partial charge in [0.2, 0.25) is 0 Å². The molecule has 2 aliphatic rings. The van der Waals surface area contributed by atoms with Gasteiger partial charge < -0.3 is 25.4 Å². The highest BCUT2D eigenvalue weighted by Gasteiger charge is 2.58. The number of carbonyl (C=O) groups is 2. The molecule has 1 fully saturated rings. The Kier molecular flexibility index (Phi) is 6.10. The first-order valence-electron chi connectivity index (χ1n) is 11.2. The van der Waals surface area contributed by atoms with E-state index in [4.69, 9.17) is 9.47 Å². The van der Waals surface area contributed by atoms with Gasteiger partial charge in [0, 0.05) is 48.9 Å². The largest absolute Gasteiger partial charge is 0.489 e. The second-order valence-corrected chi connectivity index (χ2v) is 8.56. The van der Waals surface area contributed by atoms with Crippen molar-refractivity contribution in [3.8, 4) is 17.2 Å². The molecule has 3 N–H and O–H groups in total. The summed E-state index contributed by atoms with van der Waals surface area (Å²) in [7, 11) is 1.51. The van der Waals surface area contributed by atoms with Gasteiger partial charge in [0.15, 0.2) is 0 Å². The van der Waals surface area contributed by atoms with Gasteiger partial charge in [0.25, 0.3) is 5.91 Å². The number of hydrogen-bond acceptors (Lipinski definition) is 5. The van der Waals surface area contributed by atoms with E-state index in [0.717, 1.165) is 11.6 Å². The summed E-state index contributed by atoms with van der Waals surface area (Å²) in [4.78, 5) is 28.0. The molecule has 12 heteroatoms. The first-order chi connectivity index (χ1) is 17.6. The number of alkyl halides is 3. The van der Waals surface area contributed by atoms with E-state index in [-0.39, 0.29) is 41.8 Å². The van der Waals surface area contributed by atoms with Crippen molar-refractivity contribution in [1.29, 1.82) is 0 Å². The number of benzene rings is 2. The van der Waals surface area contributed by atoms with Gasteiger partial charge in [0.1, 0.15) is 34.9 Å². The molecule has 3 unspecified atom stereocenters. The van der Waals surface area contributed by atoms with Crippen LogP contribution in [0.15, 0.2) is 54.7 Å². The Labute approximate surface area is 208 Å². The molecule has 0 radical (unpaired) electrons. The number of hydrogen-bond donors (Lipinski definition) is 3. The van der Waals surface area contributed by atoms with Gasteiger partial charge in [-0.25, -0.2) is 9.18 Å². The van der Waals surface area contributed by atoms with Crippen LogP contribution < -0.4 is 25.4 Å². The number of nitrogens with zero attached hydrogens (tertiary/aromatic N) is 1. The summed E-state index contributed by atoms with van der Waals surface area (Å²) in [5.41, 5.74) is -0.516. The van der Waals surface area contributed by atoms with Gasteiger partial charge in [-0.1, -0.05) is 0 Å². The molecule has 3 aromatic rings. The molecule has 192 valence electrons. The third-order valence-corrected chi connectivity index (χ3v) is 6.15. The third kappa shape index (κ3) is 4.99. The van der Waals surface area contributed by atoms with Crippen LogP contribution in [0.4, 0.5) is 28.0 Å². The molecule has 1 aromatic heterocycles. The van der Waals surface area contributed by atoms with E-state index in [1.807, 2.05) is 6.07 Å². The maximum Gasteiger partial charge on any atom is 0.419 e. The molecule has 3 atom stereocenters. The van der Waals surface area contributed by atoms with E-state index in [0.29, 0.717) is 29.4 Å². The number of pyridine rings is 1. The van der Waals surface area contributed by atoms with Crippen LogP contribution in [0, 0.1) is 11.7 Å². The van der Waals surface area contributed by atoms with Crippen molar-refractivity contribution in [3.05, 3.63) is 77.4 Å². The molecule has 0 bridgehead atoms. The SMILES string of the molecule is CNC(=O)c1cc(Oc2ccc3c(c2)C2C(CNC(=O)Nc4ccc(F)c(C(F)(F)F)c4)C2O3)ccn1. The molecule has 2 heterocycles. The van der Waals surface area contributed by atoms with E-state index in [9.17, 15) is 27.2 Å². The molecule has 1 saturated carbocycles. The van der Waals surface area contributed by atoms with Gasteiger partial charge in [-0.15, -0.1) is 0 Å². The number of rotatable bonds is 6. The van der Waals surface area contributed by atoms with Gasteiger partial charge in [-0.05, 0) is 42.5 Å². The molecule has 0 spiro atoms. The second kappa shape index (κ2) is 9.26. The lowest BCUT2D eigenvalue weighted by molar-refractivity contribution is -0.139. The Bertz CT molecular complexity index is 1380. The molecule has 1 aliphatic heterocycles. The topological polar surface area (TPSA) is 102 Å². The monoisotopic (exact) mass is 516 g/mol. The number of amides is 3. The molecule has 37 heavy (non-hydrogen) atoms. The van der Waals surface area contributed by atoms with Crippen LogP contribution in [0.25, 0.3) is 0 Å². The number of halogens is 4. The maximum atomic E-state index is 13.4. The van der Waals surface area contributed by atoms with Crippen LogP contribution in [0.3, 0.4) is 0 Å². The average Bonchev–Trinajstić information content (AvgIpc) is 3.42. The number of fused-ring (bicyclic) bond motifs is 3. The van der Waals surface area contributed by atoms with Crippen molar-refractivity contribution in [2.45, 2.75) is 18.2 Å². The fourth-order valence-corrected chi connectivity index (χ4v) is 4.33. The van der Waals surface area contributed by atoms with Crippen LogP contribution >= 0.6 is 0 Å². The highest BCUT2D eigenvalue weighted by molar-refractivity contribution is 5.92. The quantitative estimate of drug-likeness (QED) is 0.413. The zero-order chi connectivity index (χ0) is 26.3. The minimum absolute atomic E-state index is 0.0142. The van der Waals surface area contributed by atoms with E-state index in [2.05, 4.69) is 20.9 Å². The lowest BCUT2D eigenvalue weighted by Gasteiger charge is -2.13. The normalized spacial score (nSPS) is 19.2. The lowest BCUT2D eigenvalue weighted by atomic mass is 10.1. The zero-order valence-corrected chi connectivity index (χ0v) is 19.2. The van der Waals surface area contributed by atoms with Gasteiger partial charge >= 0.3 is 12.2 Å². The highest BCUT2D eigenvalue weighted by Crippen LogP contribution is 2.58.